The zero-order chi connectivity index (χ0) is 21.7. The van der Waals surface area contributed by atoms with Gasteiger partial charge in [-0.15, -0.1) is 17.7 Å². The topological polar surface area (TPSA) is 116 Å². The van der Waals surface area contributed by atoms with Crippen molar-refractivity contribution in [2.24, 2.45) is 0 Å². The van der Waals surface area contributed by atoms with E-state index < -0.39 is 26.7 Å². The number of aliphatic hydroxyl groups is 1. The van der Waals surface area contributed by atoms with E-state index in [2.05, 4.69) is 11.8 Å². The highest BCUT2D eigenvalue weighted by molar-refractivity contribution is 8.01. The Hall–Kier alpha value is -1.77. The summed E-state index contributed by atoms with van der Waals surface area (Å²) in [7, 11) is -4.05. The first-order valence-electron chi connectivity index (χ1n) is 9.04. The van der Waals surface area contributed by atoms with Crippen LogP contribution < -0.4 is 10.2 Å². The molecule has 160 valence electrons. The number of aliphatic hydroxyl groups excluding tert-OH is 1. The van der Waals surface area contributed by atoms with E-state index in [0.717, 1.165) is 4.31 Å². The molecule has 1 aliphatic rings. The molecule has 1 fully saturated rings. The molecule has 0 unspecified atom stereocenters. The predicted molar refractivity (Wildman–Crippen MR) is 110 cm³/mol. The number of benzene rings is 1. The molecule has 1 aromatic carbocycles. The number of thioether (sulfide) groups is 1. The van der Waals surface area contributed by atoms with Gasteiger partial charge in [-0.05, 0) is 51.5 Å². The summed E-state index contributed by atoms with van der Waals surface area (Å²) >= 11 is 1.42. The molecule has 0 bridgehead atoms. The Kier molecular flexibility index (Phi) is 7.96. The summed E-state index contributed by atoms with van der Waals surface area (Å²) in [6.07, 6.45) is 0.388. The van der Waals surface area contributed by atoms with Gasteiger partial charge in [-0.3, -0.25) is 10.0 Å². The molecule has 0 saturated carbocycles. The fraction of sp³-hybridized carbons (Fsp3) is 0.526. The van der Waals surface area contributed by atoms with Gasteiger partial charge >= 0.3 is 0 Å². The van der Waals surface area contributed by atoms with E-state index in [4.69, 9.17) is 4.74 Å². The van der Waals surface area contributed by atoms with Crippen LogP contribution in [-0.2, 0) is 14.8 Å². The zero-order valence-corrected chi connectivity index (χ0v) is 18.2. The minimum Gasteiger partial charge on any atom is -0.481 e. The Balaban J connectivity index is 2.39. The molecule has 10 heteroatoms. The van der Waals surface area contributed by atoms with E-state index >= 15 is 0 Å². The van der Waals surface area contributed by atoms with E-state index in [1.807, 2.05) is 0 Å². The van der Waals surface area contributed by atoms with Gasteiger partial charge in [-0.2, -0.15) is 4.31 Å². The van der Waals surface area contributed by atoms with E-state index in [0.29, 0.717) is 12.2 Å². The zero-order valence-electron chi connectivity index (χ0n) is 16.6. The third-order valence-corrected chi connectivity index (χ3v) is 7.92. The lowest BCUT2D eigenvalue weighted by Crippen LogP contribution is -2.62. The molecule has 1 heterocycles. The standard InChI is InChI=1S/C19H26N2O6S2/c1-4-5-12-27-14-6-8-16(9-7-14)29(25,26)21-13-15(10-11-22)28-19(2,3)17(21)18(23)20-24/h6-9,15,17,22,24H,10-13H2,1-3H3,(H,20,23)/t15-,17-/m0/s1. The van der Waals surface area contributed by atoms with Gasteiger partial charge in [0.25, 0.3) is 5.91 Å². The molecule has 1 aliphatic heterocycles. The maximum atomic E-state index is 13.4. The van der Waals surface area contributed by atoms with Crippen molar-refractivity contribution < 1.29 is 28.3 Å². The average molecular weight is 443 g/mol. The van der Waals surface area contributed by atoms with Crippen molar-refractivity contribution in [1.82, 2.24) is 9.79 Å². The van der Waals surface area contributed by atoms with Crippen molar-refractivity contribution in [1.29, 1.82) is 0 Å². The smallest absolute Gasteiger partial charge is 0.263 e. The highest BCUT2D eigenvalue weighted by atomic mass is 32.2. The fourth-order valence-electron chi connectivity index (χ4n) is 3.26. The summed E-state index contributed by atoms with van der Waals surface area (Å²) in [6, 6.07) is 4.76. The summed E-state index contributed by atoms with van der Waals surface area (Å²) in [5.41, 5.74) is 1.59. The van der Waals surface area contributed by atoms with Crippen molar-refractivity contribution in [2.45, 2.75) is 48.1 Å². The summed E-state index contributed by atoms with van der Waals surface area (Å²) in [6.45, 7) is 5.33. The van der Waals surface area contributed by atoms with Crippen LogP contribution in [0.5, 0.6) is 5.75 Å². The number of carbonyl (C=O) groups is 1. The Bertz CT molecular complexity index is 874. The molecule has 0 radical (unpaired) electrons. The highest BCUT2D eigenvalue weighted by Gasteiger charge is 2.50. The van der Waals surface area contributed by atoms with E-state index in [1.165, 1.54) is 36.0 Å². The minimum atomic E-state index is -4.05. The van der Waals surface area contributed by atoms with Crippen LogP contribution in [0.3, 0.4) is 0 Å². The number of nitrogens with zero attached hydrogens (tertiary/aromatic N) is 1. The van der Waals surface area contributed by atoms with Crippen LogP contribution in [-0.4, -0.2) is 64.7 Å². The Morgan fingerprint density at radius 3 is 2.59 bits per heavy atom. The van der Waals surface area contributed by atoms with E-state index in [1.54, 1.807) is 26.3 Å². The average Bonchev–Trinajstić information content (AvgIpc) is 2.67. The van der Waals surface area contributed by atoms with Gasteiger partial charge in [0, 0.05) is 23.1 Å². The normalized spacial score (nSPS) is 21.7. The molecule has 29 heavy (non-hydrogen) atoms. The molecular formula is C19H26N2O6S2. The number of amides is 1. The molecule has 1 saturated heterocycles. The SMILES string of the molecule is CC#CCOc1ccc(S(=O)(=O)N2C[C@H](CCO)SC(C)(C)[C@@H]2C(=O)NO)cc1. The number of hydroxylamine groups is 1. The number of hydrogen-bond acceptors (Lipinski definition) is 7. The molecule has 0 spiro atoms. The first kappa shape index (κ1) is 23.5. The Morgan fingerprint density at radius 2 is 2.03 bits per heavy atom. The lowest BCUT2D eigenvalue weighted by molar-refractivity contribution is -0.134. The number of rotatable bonds is 7. The molecular weight excluding hydrogens is 416 g/mol. The number of sulfonamides is 1. The van der Waals surface area contributed by atoms with Crippen molar-refractivity contribution >= 4 is 27.7 Å². The number of hydrogen-bond donors (Lipinski definition) is 3. The molecule has 8 nitrogen and oxygen atoms in total. The van der Waals surface area contributed by atoms with Crippen molar-refractivity contribution in [3.8, 4) is 17.6 Å². The molecule has 1 aromatic rings. The van der Waals surface area contributed by atoms with E-state index in [-0.39, 0.29) is 29.9 Å². The molecule has 0 aliphatic carbocycles. The molecule has 1 amide bonds. The first-order chi connectivity index (χ1) is 13.7. The lowest BCUT2D eigenvalue weighted by Gasteiger charge is -2.46. The number of ether oxygens (including phenoxy) is 1. The Labute approximate surface area is 175 Å². The van der Waals surface area contributed by atoms with Crippen LogP contribution in [0, 0.1) is 11.8 Å². The monoisotopic (exact) mass is 442 g/mol. The predicted octanol–water partition coefficient (Wildman–Crippen LogP) is 1.23. The van der Waals surface area contributed by atoms with Gasteiger partial charge in [0.1, 0.15) is 18.4 Å². The summed E-state index contributed by atoms with van der Waals surface area (Å²) in [5, 5.41) is 18.3. The van der Waals surface area contributed by atoms with Crippen LogP contribution in [0.1, 0.15) is 27.2 Å². The molecule has 3 N–H and O–H groups in total. The third-order valence-electron chi connectivity index (χ3n) is 4.53. The van der Waals surface area contributed by atoms with Gasteiger partial charge in [0.15, 0.2) is 0 Å². The van der Waals surface area contributed by atoms with Gasteiger partial charge < -0.3 is 9.84 Å². The highest BCUT2D eigenvalue weighted by Crippen LogP contribution is 2.43. The second-order valence-corrected chi connectivity index (χ2v) is 10.8. The van der Waals surface area contributed by atoms with Crippen molar-refractivity contribution in [3.05, 3.63) is 24.3 Å². The van der Waals surface area contributed by atoms with Crippen molar-refractivity contribution in [2.75, 3.05) is 19.8 Å². The van der Waals surface area contributed by atoms with Crippen molar-refractivity contribution in [3.63, 3.8) is 0 Å². The van der Waals surface area contributed by atoms with Crippen LogP contribution in [0.4, 0.5) is 0 Å². The number of nitrogens with one attached hydrogen (secondary N) is 1. The second-order valence-electron chi connectivity index (χ2n) is 7.00. The lowest BCUT2D eigenvalue weighted by atomic mass is 10.0. The Morgan fingerprint density at radius 1 is 1.38 bits per heavy atom. The summed E-state index contributed by atoms with van der Waals surface area (Å²) in [5.74, 6) is 5.13. The van der Waals surface area contributed by atoms with Gasteiger partial charge in [0.05, 0.1) is 4.90 Å². The summed E-state index contributed by atoms with van der Waals surface area (Å²) in [4.78, 5) is 12.4. The maximum absolute atomic E-state index is 13.4. The largest absolute Gasteiger partial charge is 0.481 e. The summed E-state index contributed by atoms with van der Waals surface area (Å²) < 4.78 is 32.4. The van der Waals surface area contributed by atoms with Gasteiger partial charge in [-0.25, -0.2) is 13.9 Å². The fourth-order valence-corrected chi connectivity index (χ4v) is 6.86. The number of carbonyl (C=O) groups excluding carboxylic acids is 1. The van der Waals surface area contributed by atoms with Crippen LogP contribution in [0.2, 0.25) is 0 Å². The van der Waals surface area contributed by atoms with Gasteiger partial charge in [-0.1, -0.05) is 5.92 Å². The molecule has 2 atom stereocenters. The molecule has 0 aromatic heterocycles. The van der Waals surface area contributed by atoms with Crippen LogP contribution in [0.15, 0.2) is 29.2 Å². The molecule has 2 rings (SSSR count). The maximum Gasteiger partial charge on any atom is 0.263 e. The first-order valence-corrected chi connectivity index (χ1v) is 11.4. The quantitative estimate of drug-likeness (QED) is 0.330. The van der Waals surface area contributed by atoms with Crippen LogP contribution >= 0.6 is 11.8 Å². The second kappa shape index (κ2) is 9.82. The minimum absolute atomic E-state index is 0.00705. The third kappa shape index (κ3) is 5.43. The van der Waals surface area contributed by atoms with Gasteiger partial charge in [0.2, 0.25) is 10.0 Å². The van der Waals surface area contributed by atoms with E-state index in [9.17, 15) is 23.5 Å². The van der Waals surface area contributed by atoms with Crippen LogP contribution in [0.25, 0.3) is 0 Å².